The third-order valence-corrected chi connectivity index (χ3v) is 5.06. The lowest BCUT2D eigenvalue weighted by atomic mass is 10.1. The Bertz CT molecular complexity index is 1230. The molecule has 0 aliphatic rings. The Morgan fingerprint density at radius 3 is 2.61 bits per heavy atom. The molecule has 0 fully saturated rings. The molecule has 2 aromatic carbocycles. The molecule has 2 N–H and O–H groups in total. The van der Waals surface area contributed by atoms with E-state index in [0.717, 1.165) is 22.5 Å². The fraction of sp³-hybridized carbons (Fsp3) is 0.240. The van der Waals surface area contributed by atoms with Crippen molar-refractivity contribution >= 4 is 11.6 Å². The Morgan fingerprint density at radius 2 is 1.88 bits per heavy atom. The molecule has 0 atom stereocenters. The van der Waals surface area contributed by atoms with Crippen molar-refractivity contribution in [3.63, 3.8) is 0 Å². The van der Waals surface area contributed by atoms with Gasteiger partial charge in [-0.25, -0.2) is 9.97 Å². The Morgan fingerprint density at radius 1 is 1.06 bits per heavy atom. The Hall–Kier alpha value is -4.07. The first-order valence-electron chi connectivity index (χ1n) is 10.7. The quantitative estimate of drug-likeness (QED) is 0.368. The first-order chi connectivity index (χ1) is 16.0. The second-order valence-corrected chi connectivity index (χ2v) is 7.49. The average Bonchev–Trinajstić information content (AvgIpc) is 3.42. The molecule has 2 aromatic heterocycles. The number of ether oxygens (including phenoxy) is 1. The minimum absolute atomic E-state index is 0.0901. The molecular formula is C25H26N4O4. The summed E-state index contributed by atoms with van der Waals surface area (Å²) in [7, 11) is 1.61. The normalized spacial score (nSPS) is 10.8. The Kier molecular flexibility index (Phi) is 6.73. The van der Waals surface area contributed by atoms with Gasteiger partial charge in [0.05, 0.1) is 18.9 Å². The zero-order chi connectivity index (χ0) is 23.2. The number of anilines is 1. The number of benzene rings is 2. The van der Waals surface area contributed by atoms with Crippen LogP contribution in [0.25, 0.3) is 22.6 Å². The first kappa shape index (κ1) is 22.1. The Balaban J connectivity index is 1.27. The van der Waals surface area contributed by atoms with Gasteiger partial charge in [0.2, 0.25) is 11.8 Å². The summed E-state index contributed by atoms with van der Waals surface area (Å²) in [6, 6.07) is 15.5. The van der Waals surface area contributed by atoms with Crippen LogP contribution < -0.4 is 15.4 Å². The molecule has 4 aromatic rings. The van der Waals surface area contributed by atoms with Crippen LogP contribution in [0.2, 0.25) is 0 Å². The van der Waals surface area contributed by atoms with Gasteiger partial charge < -0.3 is 24.2 Å². The van der Waals surface area contributed by atoms with Gasteiger partial charge in [-0.15, -0.1) is 0 Å². The van der Waals surface area contributed by atoms with Crippen LogP contribution in [-0.2, 0) is 11.2 Å². The van der Waals surface area contributed by atoms with E-state index in [-0.39, 0.29) is 12.3 Å². The van der Waals surface area contributed by atoms with E-state index in [1.54, 1.807) is 20.2 Å². The summed E-state index contributed by atoms with van der Waals surface area (Å²) >= 11 is 0. The maximum absolute atomic E-state index is 12.3. The van der Waals surface area contributed by atoms with Crippen molar-refractivity contribution in [1.82, 2.24) is 15.3 Å². The lowest BCUT2D eigenvalue weighted by Gasteiger charge is -2.11. The Labute approximate surface area is 192 Å². The number of carbonyl (C=O) groups is 1. The summed E-state index contributed by atoms with van der Waals surface area (Å²) in [5, 5.41) is 6.16. The number of amides is 1. The number of carbonyl (C=O) groups excluding carboxylic acids is 1. The van der Waals surface area contributed by atoms with E-state index in [4.69, 9.17) is 13.6 Å². The highest BCUT2D eigenvalue weighted by atomic mass is 16.5. The fourth-order valence-electron chi connectivity index (χ4n) is 3.49. The molecule has 4 rings (SSSR count). The topological polar surface area (TPSA) is 102 Å². The molecule has 2 heterocycles. The number of oxazole rings is 2. The van der Waals surface area contributed by atoms with Crippen LogP contribution in [0.3, 0.4) is 0 Å². The summed E-state index contributed by atoms with van der Waals surface area (Å²) in [5.41, 5.74) is 3.43. The highest BCUT2D eigenvalue weighted by Gasteiger charge is 2.14. The van der Waals surface area contributed by atoms with Crippen LogP contribution in [-0.4, -0.2) is 36.1 Å². The summed E-state index contributed by atoms with van der Waals surface area (Å²) in [4.78, 5) is 20.9. The van der Waals surface area contributed by atoms with Gasteiger partial charge in [-0.05, 0) is 19.1 Å². The van der Waals surface area contributed by atoms with Gasteiger partial charge in [-0.1, -0.05) is 30.3 Å². The van der Waals surface area contributed by atoms with Crippen molar-refractivity contribution in [3.8, 4) is 28.3 Å². The number of hydrogen-bond acceptors (Lipinski definition) is 7. The zero-order valence-electron chi connectivity index (χ0n) is 18.8. The molecule has 170 valence electrons. The SMILES string of the molecule is COc1cc(NCCNC(=O)Cc2nc(-c3ccccc3)c(C)o2)ccc1-c1cnc(C)o1. The van der Waals surface area contributed by atoms with Crippen molar-refractivity contribution < 1.29 is 18.4 Å². The van der Waals surface area contributed by atoms with Gasteiger partial charge in [0.25, 0.3) is 0 Å². The summed E-state index contributed by atoms with van der Waals surface area (Å²) in [5.74, 6) is 2.88. The minimum Gasteiger partial charge on any atom is -0.496 e. The zero-order valence-corrected chi connectivity index (χ0v) is 18.8. The molecule has 0 aliphatic heterocycles. The van der Waals surface area contributed by atoms with E-state index < -0.39 is 0 Å². The molecule has 0 radical (unpaired) electrons. The molecule has 0 spiro atoms. The standard InChI is InChI=1S/C25H26N4O4/c1-16-25(18-7-5-4-6-8-18)29-24(32-16)14-23(30)27-12-11-26-19-9-10-20(21(13-19)31-3)22-15-28-17(2)33-22/h4-10,13,15,26H,11-12,14H2,1-3H3,(H,27,30). The third-order valence-electron chi connectivity index (χ3n) is 5.06. The van der Waals surface area contributed by atoms with E-state index in [9.17, 15) is 4.79 Å². The highest BCUT2D eigenvalue weighted by molar-refractivity contribution is 5.78. The molecule has 8 heteroatoms. The minimum atomic E-state index is -0.147. The predicted octanol–water partition coefficient (Wildman–Crippen LogP) is 4.39. The lowest BCUT2D eigenvalue weighted by molar-refractivity contribution is -0.120. The molecule has 0 saturated heterocycles. The molecule has 0 saturated carbocycles. The van der Waals surface area contributed by atoms with Gasteiger partial charge in [0.1, 0.15) is 23.6 Å². The largest absolute Gasteiger partial charge is 0.496 e. The maximum Gasteiger partial charge on any atom is 0.229 e. The van der Waals surface area contributed by atoms with Crippen LogP contribution in [0.1, 0.15) is 17.5 Å². The van der Waals surface area contributed by atoms with Crippen molar-refractivity contribution in [2.45, 2.75) is 20.3 Å². The fourth-order valence-corrected chi connectivity index (χ4v) is 3.49. The van der Waals surface area contributed by atoms with Gasteiger partial charge >= 0.3 is 0 Å². The van der Waals surface area contributed by atoms with Crippen LogP contribution in [0.5, 0.6) is 5.75 Å². The molecule has 8 nitrogen and oxygen atoms in total. The number of rotatable bonds is 9. The maximum atomic E-state index is 12.3. The molecule has 0 bridgehead atoms. The average molecular weight is 447 g/mol. The number of methoxy groups -OCH3 is 1. The van der Waals surface area contributed by atoms with E-state index in [2.05, 4.69) is 20.6 Å². The summed E-state index contributed by atoms with van der Waals surface area (Å²) in [6.45, 7) is 4.65. The van der Waals surface area contributed by atoms with E-state index in [0.29, 0.717) is 42.1 Å². The van der Waals surface area contributed by atoms with Crippen molar-refractivity contribution in [2.75, 3.05) is 25.5 Å². The van der Waals surface area contributed by atoms with Gasteiger partial charge in [0, 0.05) is 37.3 Å². The number of nitrogens with one attached hydrogen (secondary N) is 2. The van der Waals surface area contributed by atoms with Gasteiger partial charge in [-0.3, -0.25) is 4.79 Å². The second kappa shape index (κ2) is 10.0. The molecule has 0 aliphatic carbocycles. The highest BCUT2D eigenvalue weighted by Crippen LogP contribution is 2.32. The van der Waals surface area contributed by atoms with E-state index in [1.807, 2.05) is 55.5 Å². The number of nitrogens with zero attached hydrogens (tertiary/aromatic N) is 2. The number of aromatic nitrogens is 2. The summed E-state index contributed by atoms with van der Waals surface area (Å²) < 4.78 is 16.8. The second-order valence-electron chi connectivity index (χ2n) is 7.49. The van der Waals surface area contributed by atoms with Crippen LogP contribution in [0.4, 0.5) is 5.69 Å². The number of aryl methyl sites for hydroxylation is 2. The van der Waals surface area contributed by atoms with E-state index in [1.165, 1.54) is 0 Å². The summed E-state index contributed by atoms with van der Waals surface area (Å²) in [6.07, 6.45) is 1.76. The molecule has 1 amide bonds. The third kappa shape index (κ3) is 5.41. The van der Waals surface area contributed by atoms with Crippen LogP contribution in [0, 0.1) is 13.8 Å². The van der Waals surface area contributed by atoms with Crippen molar-refractivity contribution in [2.24, 2.45) is 0 Å². The monoisotopic (exact) mass is 446 g/mol. The van der Waals surface area contributed by atoms with Gasteiger partial charge in [0.15, 0.2) is 11.7 Å². The van der Waals surface area contributed by atoms with E-state index >= 15 is 0 Å². The smallest absolute Gasteiger partial charge is 0.229 e. The van der Waals surface area contributed by atoms with Gasteiger partial charge in [-0.2, -0.15) is 0 Å². The van der Waals surface area contributed by atoms with Crippen molar-refractivity contribution in [1.29, 1.82) is 0 Å². The molecular weight excluding hydrogens is 420 g/mol. The predicted molar refractivity (Wildman–Crippen MR) is 125 cm³/mol. The molecule has 33 heavy (non-hydrogen) atoms. The molecule has 0 unspecified atom stereocenters. The van der Waals surface area contributed by atoms with Crippen LogP contribution in [0.15, 0.2) is 63.6 Å². The number of hydrogen-bond donors (Lipinski definition) is 2. The van der Waals surface area contributed by atoms with Crippen LogP contribution >= 0.6 is 0 Å². The first-order valence-corrected chi connectivity index (χ1v) is 10.7. The van der Waals surface area contributed by atoms with Crippen molar-refractivity contribution in [3.05, 3.63) is 72.3 Å². The lowest BCUT2D eigenvalue weighted by Crippen LogP contribution is -2.30.